The highest BCUT2D eigenvalue weighted by atomic mass is 16.3. The lowest BCUT2D eigenvalue weighted by Gasteiger charge is -2.07. The Hall–Kier alpha value is -1.69. The second kappa shape index (κ2) is 7.58. The minimum absolute atomic E-state index is 0.475. The predicted molar refractivity (Wildman–Crippen MR) is 66.5 cm³/mol. The van der Waals surface area contributed by atoms with E-state index in [0.717, 1.165) is 11.1 Å². The van der Waals surface area contributed by atoms with Gasteiger partial charge in [-0.25, -0.2) is 0 Å². The fourth-order valence-electron chi connectivity index (χ4n) is 1.59. The van der Waals surface area contributed by atoms with Gasteiger partial charge in [0.15, 0.2) is 0 Å². The molecule has 3 heteroatoms. The van der Waals surface area contributed by atoms with Gasteiger partial charge in [-0.15, -0.1) is 4.91 Å². The van der Waals surface area contributed by atoms with Gasteiger partial charge >= 0.3 is 0 Å². The van der Waals surface area contributed by atoms with Gasteiger partial charge in [0.1, 0.15) is 0 Å². The molecular formula is C13H18N2O. The molecule has 0 rings (SSSR count). The standard InChI is InChI=1S/C13H18N2O/c1-5-8-10(4)12(9-14)11(6-2)13(7-3)15-16/h5,8H,6-7H2,1-4H3/b8-5-,12-10-,13-11-. The van der Waals surface area contributed by atoms with Crippen LogP contribution in [0.3, 0.4) is 0 Å². The summed E-state index contributed by atoms with van der Waals surface area (Å²) >= 11 is 0. The first-order valence-electron chi connectivity index (χ1n) is 5.45. The molecule has 0 saturated heterocycles. The summed E-state index contributed by atoms with van der Waals surface area (Å²) in [6, 6.07) is 2.16. The summed E-state index contributed by atoms with van der Waals surface area (Å²) < 4.78 is 0. The lowest BCUT2D eigenvalue weighted by molar-refractivity contribution is 0.974. The molecule has 86 valence electrons. The smallest absolute Gasteiger partial charge is 0.0998 e. The molecule has 0 aliphatic carbocycles. The predicted octanol–water partition coefficient (Wildman–Crippen LogP) is 4.24. The van der Waals surface area contributed by atoms with Crippen LogP contribution in [0.15, 0.2) is 39.7 Å². The molecule has 0 atom stereocenters. The van der Waals surface area contributed by atoms with E-state index in [-0.39, 0.29) is 0 Å². The third kappa shape index (κ3) is 3.47. The Balaban J connectivity index is 5.73. The van der Waals surface area contributed by atoms with Gasteiger partial charge < -0.3 is 0 Å². The van der Waals surface area contributed by atoms with Gasteiger partial charge in [-0.05, 0) is 43.0 Å². The Morgan fingerprint density at radius 1 is 1.38 bits per heavy atom. The molecule has 0 bridgehead atoms. The molecule has 0 radical (unpaired) electrons. The molecule has 0 unspecified atom stereocenters. The maximum atomic E-state index is 10.7. The van der Waals surface area contributed by atoms with Crippen molar-refractivity contribution in [2.75, 3.05) is 0 Å². The van der Waals surface area contributed by atoms with Crippen molar-refractivity contribution < 1.29 is 0 Å². The van der Waals surface area contributed by atoms with E-state index in [1.54, 1.807) is 0 Å². The van der Waals surface area contributed by atoms with Crippen molar-refractivity contribution in [1.82, 2.24) is 0 Å². The topological polar surface area (TPSA) is 53.2 Å². The molecule has 0 aromatic rings. The Labute approximate surface area is 97.1 Å². The summed E-state index contributed by atoms with van der Waals surface area (Å²) in [6.07, 6.45) is 4.94. The van der Waals surface area contributed by atoms with Crippen molar-refractivity contribution in [1.29, 1.82) is 5.26 Å². The number of rotatable bonds is 5. The van der Waals surface area contributed by atoms with Gasteiger partial charge in [0.05, 0.1) is 17.3 Å². The molecule has 16 heavy (non-hydrogen) atoms. The minimum atomic E-state index is 0.475. The quantitative estimate of drug-likeness (QED) is 0.393. The molecule has 0 amide bonds. The van der Waals surface area contributed by atoms with Crippen LogP contribution < -0.4 is 0 Å². The van der Waals surface area contributed by atoms with E-state index in [9.17, 15) is 4.91 Å². The monoisotopic (exact) mass is 218 g/mol. The lowest BCUT2D eigenvalue weighted by Crippen LogP contribution is -1.94. The number of nitrogens with zero attached hydrogens (tertiary/aromatic N) is 2. The van der Waals surface area contributed by atoms with E-state index in [4.69, 9.17) is 5.26 Å². The van der Waals surface area contributed by atoms with Crippen LogP contribution >= 0.6 is 0 Å². The fraction of sp³-hybridized carbons (Fsp3) is 0.462. The van der Waals surface area contributed by atoms with Gasteiger partial charge in [0.2, 0.25) is 0 Å². The highest BCUT2D eigenvalue weighted by Gasteiger charge is 2.11. The first kappa shape index (κ1) is 14.3. The number of allylic oxidation sites excluding steroid dienone is 6. The maximum Gasteiger partial charge on any atom is 0.0998 e. The summed E-state index contributed by atoms with van der Waals surface area (Å²) in [5.41, 5.74) is 2.67. The van der Waals surface area contributed by atoms with Crippen LogP contribution in [-0.2, 0) is 0 Å². The maximum absolute atomic E-state index is 10.7. The zero-order valence-electron chi connectivity index (χ0n) is 10.4. The molecule has 0 saturated carbocycles. The Morgan fingerprint density at radius 3 is 2.31 bits per heavy atom. The molecule has 3 nitrogen and oxygen atoms in total. The zero-order valence-corrected chi connectivity index (χ0v) is 10.4. The molecule has 0 aromatic carbocycles. The highest BCUT2D eigenvalue weighted by Crippen LogP contribution is 2.24. The molecule has 0 aliphatic rings. The number of hydrogen-bond acceptors (Lipinski definition) is 3. The van der Waals surface area contributed by atoms with Crippen molar-refractivity contribution in [2.45, 2.75) is 40.5 Å². The second-order valence-electron chi connectivity index (χ2n) is 3.39. The SMILES string of the molecule is C\C=C/C(C)=C(C#N)\C(CC)=C(\CC)N=O. The molecule has 0 N–H and O–H groups in total. The average molecular weight is 218 g/mol. The highest BCUT2D eigenvalue weighted by molar-refractivity contribution is 5.50. The van der Waals surface area contributed by atoms with Gasteiger partial charge in [-0.3, -0.25) is 0 Å². The Kier molecular flexibility index (Phi) is 6.78. The van der Waals surface area contributed by atoms with Crippen LogP contribution in [0, 0.1) is 16.2 Å². The van der Waals surface area contributed by atoms with Crippen molar-refractivity contribution in [3.05, 3.63) is 39.5 Å². The third-order valence-electron chi connectivity index (χ3n) is 2.37. The molecule has 0 aliphatic heterocycles. The lowest BCUT2D eigenvalue weighted by atomic mass is 9.96. The largest absolute Gasteiger partial charge is 0.192 e. The minimum Gasteiger partial charge on any atom is -0.192 e. The van der Waals surface area contributed by atoms with Crippen molar-refractivity contribution in [2.24, 2.45) is 5.18 Å². The van der Waals surface area contributed by atoms with Crippen LogP contribution in [-0.4, -0.2) is 0 Å². The van der Waals surface area contributed by atoms with E-state index < -0.39 is 0 Å². The molecule has 0 aromatic heterocycles. The van der Waals surface area contributed by atoms with Crippen molar-refractivity contribution in [3.63, 3.8) is 0 Å². The van der Waals surface area contributed by atoms with Crippen LogP contribution in [0.1, 0.15) is 40.5 Å². The van der Waals surface area contributed by atoms with Crippen LogP contribution in [0.5, 0.6) is 0 Å². The number of nitroso groups, excluding NO2 is 1. The number of hydrogen-bond donors (Lipinski definition) is 0. The van der Waals surface area contributed by atoms with E-state index in [0.29, 0.717) is 24.1 Å². The fourth-order valence-corrected chi connectivity index (χ4v) is 1.59. The van der Waals surface area contributed by atoms with E-state index in [2.05, 4.69) is 11.2 Å². The van der Waals surface area contributed by atoms with Gasteiger partial charge in [0, 0.05) is 0 Å². The first-order chi connectivity index (χ1) is 7.65. The van der Waals surface area contributed by atoms with Crippen molar-refractivity contribution >= 4 is 0 Å². The van der Waals surface area contributed by atoms with Crippen LogP contribution in [0.4, 0.5) is 0 Å². The summed E-state index contributed by atoms with van der Waals surface area (Å²) in [5, 5.41) is 12.2. The van der Waals surface area contributed by atoms with E-state index in [1.165, 1.54) is 0 Å². The normalized spacial score (nSPS) is 14.2. The zero-order chi connectivity index (χ0) is 12.6. The van der Waals surface area contributed by atoms with Crippen LogP contribution in [0.2, 0.25) is 0 Å². The summed E-state index contributed by atoms with van der Waals surface area (Å²) in [6.45, 7) is 7.56. The van der Waals surface area contributed by atoms with Gasteiger partial charge in [-0.2, -0.15) is 5.26 Å². The molecule has 0 heterocycles. The third-order valence-corrected chi connectivity index (χ3v) is 2.37. The summed E-state index contributed by atoms with van der Waals surface area (Å²) in [7, 11) is 0. The van der Waals surface area contributed by atoms with Crippen molar-refractivity contribution in [3.8, 4) is 6.07 Å². The van der Waals surface area contributed by atoms with Gasteiger partial charge in [0.25, 0.3) is 0 Å². The van der Waals surface area contributed by atoms with E-state index in [1.807, 2.05) is 39.8 Å². The molecular weight excluding hydrogens is 200 g/mol. The van der Waals surface area contributed by atoms with E-state index >= 15 is 0 Å². The molecule has 0 spiro atoms. The second-order valence-corrected chi connectivity index (χ2v) is 3.39. The summed E-state index contributed by atoms with van der Waals surface area (Å²) in [4.78, 5) is 10.7. The van der Waals surface area contributed by atoms with Crippen LogP contribution in [0.25, 0.3) is 0 Å². The Bertz CT molecular complexity index is 381. The first-order valence-corrected chi connectivity index (χ1v) is 5.45. The number of nitriles is 1. The van der Waals surface area contributed by atoms with Gasteiger partial charge in [-0.1, -0.05) is 26.0 Å². The molecule has 0 fully saturated rings. The summed E-state index contributed by atoms with van der Waals surface area (Å²) in [5.74, 6) is 0. The Morgan fingerprint density at radius 2 is 2.00 bits per heavy atom. The average Bonchev–Trinajstić information content (AvgIpc) is 2.29.